The smallest absolute Gasteiger partial charge is 0.00890 e. The molecule has 1 heteroatoms. The highest BCUT2D eigenvalue weighted by molar-refractivity contribution is 5.81. The van der Waals surface area contributed by atoms with Gasteiger partial charge in [0, 0.05) is 5.71 Å². The average molecular weight is 98.2 g/mol. The van der Waals surface area contributed by atoms with Crippen molar-refractivity contribution in [2.24, 2.45) is 5.92 Å². The van der Waals surface area contributed by atoms with Gasteiger partial charge in [0.25, 0.3) is 0 Å². The molecule has 0 rings (SSSR count). The van der Waals surface area contributed by atoms with E-state index in [1.807, 2.05) is 6.92 Å². The van der Waals surface area contributed by atoms with Crippen molar-refractivity contribution in [3.8, 4) is 0 Å². The van der Waals surface area contributed by atoms with Crippen LogP contribution >= 0.6 is 0 Å². The summed E-state index contributed by atoms with van der Waals surface area (Å²) in [6.45, 7) is 7.56. The first-order chi connectivity index (χ1) is 3.18. The van der Waals surface area contributed by atoms with Crippen LogP contribution in [0, 0.1) is 18.3 Å². The monoisotopic (exact) mass is 98.1 g/mol. The highest BCUT2D eigenvalue weighted by atomic mass is 14.4. The second kappa shape index (κ2) is 2.78. The van der Waals surface area contributed by atoms with Gasteiger partial charge < -0.3 is 5.41 Å². The molecule has 41 valence electrons. The topological polar surface area (TPSA) is 23.9 Å². The molecule has 0 aliphatic rings. The van der Waals surface area contributed by atoms with Crippen LogP contribution in [-0.4, -0.2) is 5.71 Å². The van der Waals surface area contributed by atoms with Gasteiger partial charge in [-0.15, -0.1) is 0 Å². The minimum absolute atomic E-state index is 0.236. The molecule has 7 heavy (non-hydrogen) atoms. The summed E-state index contributed by atoms with van der Waals surface area (Å²) in [6.07, 6.45) is 0.981. The Bertz CT molecular complexity index is 66.6. The van der Waals surface area contributed by atoms with E-state index in [-0.39, 0.29) is 5.92 Å². The third-order valence-corrected chi connectivity index (χ3v) is 1.11. The van der Waals surface area contributed by atoms with Crippen molar-refractivity contribution in [1.82, 2.24) is 0 Å². The lowest BCUT2D eigenvalue weighted by atomic mass is 10.1. The van der Waals surface area contributed by atoms with Crippen LogP contribution in [0.15, 0.2) is 0 Å². The van der Waals surface area contributed by atoms with E-state index in [1.54, 1.807) is 6.92 Å². The summed E-state index contributed by atoms with van der Waals surface area (Å²) in [5.74, 6) is 0.236. The fourth-order valence-corrected chi connectivity index (χ4v) is 0.306. The predicted octanol–water partition coefficient (Wildman–Crippen LogP) is 1.89. The Hall–Kier alpha value is -0.330. The van der Waals surface area contributed by atoms with E-state index < -0.39 is 0 Å². The Morgan fingerprint density at radius 1 is 1.86 bits per heavy atom. The van der Waals surface area contributed by atoms with Crippen LogP contribution in [0.25, 0.3) is 0 Å². The van der Waals surface area contributed by atoms with Gasteiger partial charge in [-0.2, -0.15) is 0 Å². The molecule has 0 aromatic rings. The predicted molar refractivity (Wildman–Crippen MR) is 32.5 cm³/mol. The lowest BCUT2D eigenvalue weighted by Crippen LogP contribution is -2.02. The Balaban J connectivity index is 3.34. The minimum Gasteiger partial charge on any atom is -0.310 e. The second-order valence-corrected chi connectivity index (χ2v) is 1.79. The highest BCUT2D eigenvalue weighted by Crippen LogP contribution is 1.99. The van der Waals surface area contributed by atoms with E-state index in [9.17, 15) is 0 Å². The van der Waals surface area contributed by atoms with Crippen LogP contribution in [0.5, 0.6) is 0 Å². The fraction of sp³-hybridized carbons (Fsp3) is 0.667. The number of hydrogen-bond acceptors (Lipinski definition) is 1. The molecule has 0 aliphatic carbocycles. The zero-order valence-electron chi connectivity index (χ0n) is 4.99. The zero-order chi connectivity index (χ0) is 5.86. The largest absolute Gasteiger partial charge is 0.310 e. The van der Waals surface area contributed by atoms with Crippen molar-refractivity contribution in [2.45, 2.75) is 20.3 Å². The van der Waals surface area contributed by atoms with Gasteiger partial charge in [0.2, 0.25) is 0 Å². The van der Waals surface area contributed by atoms with Gasteiger partial charge in [-0.1, -0.05) is 6.92 Å². The van der Waals surface area contributed by atoms with Crippen LogP contribution in [0.1, 0.15) is 20.3 Å². The van der Waals surface area contributed by atoms with Gasteiger partial charge in [0.1, 0.15) is 0 Å². The summed E-state index contributed by atoms with van der Waals surface area (Å²) in [5, 5.41) is 7.04. The first-order valence-electron chi connectivity index (χ1n) is 2.56. The average Bonchev–Trinajstić information content (AvgIpc) is 1.65. The van der Waals surface area contributed by atoms with Crippen molar-refractivity contribution in [1.29, 1.82) is 5.41 Å². The van der Waals surface area contributed by atoms with E-state index >= 15 is 0 Å². The molecule has 0 heterocycles. The van der Waals surface area contributed by atoms with Gasteiger partial charge >= 0.3 is 0 Å². The molecule has 0 aliphatic heterocycles. The van der Waals surface area contributed by atoms with Crippen LogP contribution in [-0.2, 0) is 0 Å². The molecule has 0 aromatic carbocycles. The molecule has 1 N–H and O–H groups in total. The third kappa shape index (κ3) is 2.38. The zero-order valence-corrected chi connectivity index (χ0v) is 4.99. The van der Waals surface area contributed by atoms with Crippen LogP contribution < -0.4 is 0 Å². The first-order valence-corrected chi connectivity index (χ1v) is 2.56. The van der Waals surface area contributed by atoms with Gasteiger partial charge in [0.15, 0.2) is 0 Å². The lowest BCUT2D eigenvalue weighted by molar-refractivity contribution is 0.803. The Labute approximate surface area is 45.2 Å². The van der Waals surface area contributed by atoms with E-state index in [2.05, 4.69) is 6.92 Å². The fourth-order valence-electron chi connectivity index (χ4n) is 0.306. The quantitative estimate of drug-likeness (QED) is 0.510. The van der Waals surface area contributed by atoms with E-state index in [4.69, 9.17) is 5.41 Å². The summed E-state index contributed by atoms with van der Waals surface area (Å²) >= 11 is 0. The van der Waals surface area contributed by atoms with Gasteiger partial charge in [-0.25, -0.2) is 0 Å². The molecular formula is C6H12N. The number of hydrogen-bond donors (Lipinski definition) is 1. The molecule has 1 radical (unpaired) electrons. The van der Waals surface area contributed by atoms with Crippen LogP contribution in [0.2, 0.25) is 0 Å². The van der Waals surface area contributed by atoms with Crippen molar-refractivity contribution < 1.29 is 0 Å². The van der Waals surface area contributed by atoms with Crippen molar-refractivity contribution >= 4 is 5.71 Å². The Morgan fingerprint density at radius 3 is 2.29 bits per heavy atom. The summed E-state index contributed by atoms with van der Waals surface area (Å²) in [4.78, 5) is 0. The number of nitrogens with one attached hydrogen (secondary N) is 1. The first kappa shape index (κ1) is 6.67. The molecule has 0 saturated carbocycles. The standard InChI is InChI=1S/C6H12N/c1-4-5(2)6(3)7/h5,7H,2,4H2,1,3H3. The van der Waals surface area contributed by atoms with Crippen molar-refractivity contribution in [3.63, 3.8) is 0 Å². The van der Waals surface area contributed by atoms with Crippen molar-refractivity contribution in [3.05, 3.63) is 6.92 Å². The molecule has 0 bridgehead atoms. The Morgan fingerprint density at radius 2 is 2.29 bits per heavy atom. The number of rotatable bonds is 2. The van der Waals surface area contributed by atoms with Crippen LogP contribution in [0.3, 0.4) is 0 Å². The van der Waals surface area contributed by atoms with Crippen LogP contribution in [0.4, 0.5) is 0 Å². The summed E-state index contributed by atoms with van der Waals surface area (Å²) in [7, 11) is 0. The Kier molecular flexibility index (Phi) is 2.65. The normalized spacial score (nSPS) is 13.6. The van der Waals surface area contributed by atoms with Gasteiger partial charge in [-0.05, 0) is 26.2 Å². The SMILES string of the molecule is [CH2]C(CC)C(C)=N. The minimum atomic E-state index is 0.236. The maximum absolute atomic E-state index is 7.04. The molecule has 1 nitrogen and oxygen atoms in total. The highest BCUT2D eigenvalue weighted by Gasteiger charge is 1.97. The van der Waals surface area contributed by atoms with Crippen molar-refractivity contribution in [2.75, 3.05) is 0 Å². The molecule has 0 aromatic heterocycles. The molecule has 0 fully saturated rings. The summed E-state index contributed by atoms with van der Waals surface area (Å²) < 4.78 is 0. The molecule has 0 saturated heterocycles. The van der Waals surface area contributed by atoms with Gasteiger partial charge in [0.05, 0.1) is 0 Å². The van der Waals surface area contributed by atoms with Gasteiger partial charge in [-0.3, -0.25) is 0 Å². The molecule has 0 spiro atoms. The molecule has 0 amide bonds. The molecular weight excluding hydrogens is 86.1 g/mol. The maximum Gasteiger partial charge on any atom is 0.00890 e. The lowest BCUT2D eigenvalue weighted by Gasteiger charge is -2.01. The van der Waals surface area contributed by atoms with E-state index in [0.717, 1.165) is 6.42 Å². The van der Waals surface area contributed by atoms with E-state index in [0.29, 0.717) is 5.71 Å². The maximum atomic E-state index is 7.04. The van der Waals surface area contributed by atoms with E-state index in [1.165, 1.54) is 0 Å². The molecule has 1 atom stereocenters. The third-order valence-electron chi connectivity index (χ3n) is 1.11. The summed E-state index contributed by atoms with van der Waals surface area (Å²) in [6, 6.07) is 0. The summed E-state index contributed by atoms with van der Waals surface area (Å²) in [5.41, 5.74) is 0.683. The molecule has 1 unspecified atom stereocenters. The second-order valence-electron chi connectivity index (χ2n) is 1.79.